The largest absolute Gasteiger partial charge is 0.444 e. The molecule has 2 rings (SSSR count). The van der Waals surface area contributed by atoms with E-state index in [4.69, 9.17) is 16.3 Å². The summed E-state index contributed by atoms with van der Waals surface area (Å²) in [5, 5.41) is 0.696. The molecular formula is C15H20BrClN2O2. The van der Waals surface area contributed by atoms with E-state index < -0.39 is 5.60 Å². The summed E-state index contributed by atoms with van der Waals surface area (Å²) >= 11 is 9.52. The van der Waals surface area contributed by atoms with Crippen molar-refractivity contribution in [3.63, 3.8) is 0 Å². The first-order valence-electron chi connectivity index (χ1n) is 6.94. The Morgan fingerprint density at radius 1 is 1.24 bits per heavy atom. The Labute approximate surface area is 139 Å². The third-order valence-corrected chi connectivity index (χ3v) is 4.43. The molecule has 1 aromatic rings. The van der Waals surface area contributed by atoms with E-state index in [1.54, 1.807) is 4.90 Å². The van der Waals surface area contributed by atoms with Crippen LogP contribution >= 0.6 is 27.5 Å². The number of halogens is 2. The van der Waals surface area contributed by atoms with Crippen molar-refractivity contribution in [3.8, 4) is 0 Å². The highest BCUT2D eigenvalue weighted by molar-refractivity contribution is 9.10. The lowest BCUT2D eigenvalue weighted by molar-refractivity contribution is 0.0240. The van der Waals surface area contributed by atoms with Crippen LogP contribution < -0.4 is 4.90 Å². The number of hydrogen-bond acceptors (Lipinski definition) is 3. The van der Waals surface area contributed by atoms with E-state index in [1.165, 1.54) is 0 Å². The summed E-state index contributed by atoms with van der Waals surface area (Å²) in [5.74, 6) is 0. The van der Waals surface area contributed by atoms with Crippen molar-refractivity contribution in [1.82, 2.24) is 4.90 Å². The van der Waals surface area contributed by atoms with Crippen LogP contribution in [0.15, 0.2) is 22.7 Å². The van der Waals surface area contributed by atoms with E-state index >= 15 is 0 Å². The Kier molecular flexibility index (Phi) is 5.04. The van der Waals surface area contributed by atoms with Crippen molar-refractivity contribution in [2.45, 2.75) is 26.4 Å². The highest BCUT2D eigenvalue weighted by Gasteiger charge is 2.26. The zero-order valence-corrected chi connectivity index (χ0v) is 14.9. The summed E-state index contributed by atoms with van der Waals surface area (Å²) in [5.41, 5.74) is 0.625. The van der Waals surface area contributed by atoms with Crippen molar-refractivity contribution >= 4 is 39.3 Å². The average molecular weight is 376 g/mol. The minimum Gasteiger partial charge on any atom is -0.444 e. The van der Waals surface area contributed by atoms with E-state index in [2.05, 4.69) is 20.8 Å². The number of hydrogen-bond donors (Lipinski definition) is 0. The summed E-state index contributed by atoms with van der Waals surface area (Å²) in [6.45, 7) is 8.50. The fraction of sp³-hybridized carbons (Fsp3) is 0.533. The van der Waals surface area contributed by atoms with Gasteiger partial charge in [-0.3, -0.25) is 0 Å². The van der Waals surface area contributed by atoms with Gasteiger partial charge in [0, 0.05) is 36.3 Å². The third-order valence-electron chi connectivity index (χ3n) is 3.20. The van der Waals surface area contributed by atoms with Gasteiger partial charge in [-0.1, -0.05) is 11.6 Å². The van der Waals surface area contributed by atoms with E-state index in [-0.39, 0.29) is 6.09 Å². The number of benzene rings is 1. The molecule has 1 saturated heterocycles. The number of anilines is 1. The quantitative estimate of drug-likeness (QED) is 0.739. The molecule has 1 aliphatic rings. The lowest BCUT2D eigenvalue weighted by Crippen LogP contribution is -2.50. The number of amides is 1. The molecule has 1 fully saturated rings. The van der Waals surface area contributed by atoms with Crippen LogP contribution in [0.3, 0.4) is 0 Å². The van der Waals surface area contributed by atoms with Crippen LogP contribution in [0.1, 0.15) is 20.8 Å². The van der Waals surface area contributed by atoms with Gasteiger partial charge < -0.3 is 14.5 Å². The molecule has 0 unspecified atom stereocenters. The van der Waals surface area contributed by atoms with Gasteiger partial charge in [0.05, 0.1) is 5.02 Å². The monoisotopic (exact) mass is 374 g/mol. The number of carbonyl (C=O) groups excluding carboxylic acids is 1. The van der Waals surface area contributed by atoms with Crippen molar-refractivity contribution in [1.29, 1.82) is 0 Å². The zero-order valence-electron chi connectivity index (χ0n) is 12.5. The molecule has 0 atom stereocenters. The van der Waals surface area contributed by atoms with E-state index in [1.807, 2.05) is 39.0 Å². The molecule has 4 nitrogen and oxygen atoms in total. The Hall–Kier alpha value is -0.940. The fourth-order valence-electron chi connectivity index (χ4n) is 2.16. The van der Waals surface area contributed by atoms with Gasteiger partial charge >= 0.3 is 6.09 Å². The first kappa shape index (κ1) is 16.4. The molecule has 0 bridgehead atoms. The first-order valence-corrected chi connectivity index (χ1v) is 8.11. The molecule has 0 N–H and O–H groups in total. The number of ether oxygens (including phenoxy) is 1. The number of nitrogens with zero attached hydrogens (tertiary/aromatic N) is 2. The van der Waals surface area contributed by atoms with Crippen LogP contribution in [-0.4, -0.2) is 42.8 Å². The predicted octanol–water partition coefficient (Wildman–Crippen LogP) is 4.16. The first-order chi connectivity index (χ1) is 9.76. The van der Waals surface area contributed by atoms with Crippen molar-refractivity contribution in [3.05, 3.63) is 27.7 Å². The van der Waals surface area contributed by atoms with Gasteiger partial charge in [-0.15, -0.1) is 0 Å². The van der Waals surface area contributed by atoms with Gasteiger partial charge in [0.1, 0.15) is 5.60 Å². The third kappa shape index (κ3) is 4.51. The molecular weight excluding hydrogens is 356 g/mol. The maximum atomic E-state index is 12.0. The van der Waals surface area contributed by atoms with Crippen LogP contribution in [0.4, 0.5) is 10.5 Å². The van der Waals surface area contributed by atoms with Gasteiger partial charge in [-0.05, 0) is 54.9 Å². The van der Waals surface area contributed by atoms with Crippen molar-refractivity contribution in [2.24, 2.45) is 0 Å². The normalized spacial score (nSPS) is 16.0. The standard InChI is InChI=1S/C15H20BrClN2O2/c1-15(2,3)21-14(20)19-8-6-18(7-9-19)11-4-5-12(16)13(17)10-11/h4-5,10H,6-9H2,1-3H3. The maximum absolute atomic E-state index is 12.0. The molecule has 1 amide bonds. The molecule has 6 heteroatoms. The summed E-state index contributed by atoms with van der Waals surface area (Å²) < 4.78 is 6.28. The number of carbonyl (C=O) groups is 1. The molecule has 116 valence electrons. The molecule has 0 aromatic heterocycles. The predicted molar refractivity (Wildman–Crippen MR) is 89.2 cm³/mol. The van der Waals surface area contributed by atoms with Gasteiger partial charge in [-0.25, -0.2) is 4.79 Å². The summed E-state index contributed by atoms with van der Waals surface area (Å²) in [4.78, 5) is 16.0. The second kappa shape index (κ2) is 6.44. The van der Waals surface area contributed by atoms with Crippen molar-refractivity contribution < 1.29 is 9.53 Å². The van der Waals surface area contributed by atoms with E-state index in [0.717, 1.165) is 23.2 Å². The zero-order chi connectivity index (χ0) is 15.6. The molecule has 1 heterocycles. The SMILES string of the molecule is CC(C)(C)OC(=O)N1CCN(c2ccc(Br)c(Cl)c2)CC1. The molecule has 1 aromatic carbocycles. The minimum absolute atomic E-state index is 0.240. The van der Waals surface area contributed by atoms with Gasteiger partial charge in [0.25, 0.3) is 0 Å². The minimum atomic E-state index is -0.451. The Balaban J connectivity index is 1.94. The smallest absolute Gasteiger partial charge is 0.410 e. The highest BCUT2D eigenvalue weighted by Crippen LogP contribution is 2.28. The van der Waals surface area contributed by atoms with Gasteiger partial charge in [-0.2, -0.15) is 0 Å². The number of piperazine rings is 1. The summed E-state index contributed by atoms with van der Waals surface area (Å²) in [7, 11) is 0. The summed E-state index contributed by atoms with van der Waals surface area (Å²) in [6, 6.07) is 5.91. The van der Waals surface area contributed by atoms with Crippen LogP contribution in [0.25, 0.3) is 0 Å². The van der Waals surface area contributed by atoms with Crippen LogP contribution in [0, 0.1) is 0 Å². The van der Waals surface area contributed by atoms with Crippen LogP contribution in [0.5, 0.6) is 0 Å². The van der Waals surface area contributed by atoms with Crippen LogP contribution in [0.2, 0.25) is 5.02 Å². The lowest BCUT2D eigenvalue weighted by atomic mass is 10.2. The molecule has 0 aliphatic carbocycles. The van der Waals surface area contributed by atoms with Gasteiger partial charge in [0.2, 0.25) is 0 Å². The molecule has 1 aliphatic heterocycles. The molecule has 0 spiro atoms. The molecule has 0 saturated carbocycles. The number of rotatable bonds is 1. The second-order valence-electron chi connectivity index (χ2n) is 6.05. The Bertz CT molecular complexity index is 523. The second-order valence-corrected chi connectivity index (χ2v) is 7.31. The Morgan fingerprint density at radius 3 is 2.38 bits per heavy atom. The lowest BCUT2D eigenvalue weighted by Gasteiger charge is -2.36. The van der Waals surface area contributed by atoms with Crippen molar-refractivity contribution in [2.75, 3.05) is 31.1 Å². The molecule has 0 radical (unpaired) electrons. The Morgan fingerprint density at radius 2 is 1.86 bits per heavy atom. The van der Waals surface area contributed by atoms with Gasteiger partial charge in [0.15, 0.2) is 0 Å². The average Bonchev–Trinajstić information content (AvgIpc) is 2.40. The van der Waals surface area contributed by atoms with E-state index in [9.17, 15) is 4.79 Å². The topological polar surface area (TPSA) is 32.8 Å². The summed E-state index contributed by atoms with van der Waals surface area (Å²) in [6.07, 6.45) is -0.240. The fourth-order valence-corrected chi connectivity index (χ4v) is 2.58. The van der Waals surface area contributed by atoms with Crippen LogP contribution in [-0.2, 0) is 4.74 Å². The molecule has 21 heavy (non-hydrogen) atoms. The van der Waals surface area contributed by atoms with E-state index in [0.29, 0.717) is 18.1 Å². The maximum Gasteiger partial charge on any atom is 0.410 e. The highest BCUT2D eigenvalue weighted by atomic mass is 79.9.